The zero-order valence-electron chi connectivity index (χ0n) is 10.1. The van der Waals surface area contributed by atoms with Gasteiger partial charge in [0, 0.05) is 11.3 Å². The van der Waals surface area contributed by atoms with Crippen molar-refractivity contribution in [1.29, 1.82) is 0 Å². The van der Waals surface area contributed by atoms with Crippen LogP contribution >= 0.6 is 0 Å². The molecule has 0 heterocycles. The smallest absolute Gasteiger partial charge is 0.161 e. The van der Waals surface area contributed by atoms with Crippen LogP contribution in [0, 0.1) is 0 Å². The van der Waals surface area contributed by atoms with Crippen LogP contribution in [0.15, 0.2) is 17.1 Å². The van der Waals surface area contributed by atoms with E-state index in [1.807, 2.05) is 0 Å². The first-order valence-electron chi connectivity index (χ1n) is 6.44. The summed E-state index contributed by atoms with van der Waals surface area (Å²) in [6.07, 6.45) is 4.00. The van der Waals surface area contributed by atoms with Crippen LogP contribution in [0.3, 0.4) is 0 Å². The molecular weight excluding hydrogens is 230 g/mol. The zero-order valence-corrected chi connectivity index (χ0v) is 10.1. The maximum atomic E-state index is 10.3. The van der Waals surface area contributed by atoms with Crippen molar-refractivity contribution in [1.82, 2.24) is 0 Å². The van der Waals surface area contributed by atoms with E-state index in [2.05, 4.69) is 4.99 Å². The number of aromatic hydroxyl groups is 2. The van der Waals surface area contributed by atoms with E-state index in [0.717, 1.165) is 12.8 Å². The quantitative estimate of drug-likeness (QED) is 0.665. The predicted molar refractivity (Wildman–Crippen MR) is 68.1 cm³/mol. The van der Waals surface area contributed by atoms with Gasteiger partial charge in [0.1, 0.15) is 6.10 Å². The fourth-order valence-electron chi connectivity index (χ4n) is 2.67. The molecule has 4 nitrogen and oxygen atoms in total. The molecule has 2 aliphatic rings. The van der Waals surface area contributed by atoms with Crippen molar-refractivity contribution in [2.45, 2.75) is 44.2 Å². The number of phenolic OH excluding ortho intramolecular Hbond substituents is 2. The van der Waals surface area contributed by atoms with Gasteiger partial charge < -0.3 is 15.3 Å². The Hall–Kier alpha value is -1.55. The minimum absolute atomic E-state index is 0.0960. The lowest BCUT2D eigenvalue weighted by atomic mass is 9.84. The lowest BCUT2D eigenvalue weighted by molar-refractivity contribution is 0.133. The molecule has 18 heavy (non-hydrogen) atoms. The number of benzene rings is 1. The third-order valence-corrected chi connectivity index (χ3v) is 3.95. The van der Waals surface area contributed by atoms with Gasteiger partial charge in [0.15, 0.2) is 11.5 Å². The number of aliphatic imine (C=N–C) groups is 1. The van der Waals surface area contributed by atoms with Crippen LogP contribution in [0.2, 0.25) is 0 Å². The molecule has 2 aliphatic carbocycles. The predicted octanol–water partition coefficient (Wildman–Crippen LogP) is 2.07. The standard InChI is InChI=1S/C14H17NO3/c16-12-7-5-9-10(14(12)18)4-6-11(13(9)17)15-8-2-1-3-8/h5,7,11,13,16-18H,1-4,6H2. The van der Waals surface area contributed by atoms with Crippen LogP contribution in [-0.2, 0) is 6.42 Å². The fraction of sp³-hybridized carbons (Fsp3) is 0.500. The summed E-state index contributed by atoms with van der Waals surface area (Å²) in [4.78, 5) is 4.60. The second-order valence-corrected chi connectivity index (χ2v) is 5.10. The summed E-state index contributed by atoms with van der Waals surface area (Å²) in [6, 6.07) is 3.01. The van der Waals surface area contributed by atoms with E-state index in [-0.39, 0.29) is 17.5 Å². The van der Waals surface area contributed by atoms with Crippen molar-refractivity contribution in [3.8, 4) is 11.5 Å². The van der Waals surface area contributed by atoms with Gasteiger partial charge in [-0.15, -0.1) is 0 Å². The van der Waals surface area contributed by atoms with Crippen LogP contribution < -0.4 is 0 Å². The molecule has 0 spiro atoms. The first-order chi connectivity index (χ1) is 8.66. The number of nitrogens with zero attached hydrogens (tertiary/aromatic N) is 1. The van der Waals surface area contributed by atoms with Gasteiger partial charge in [0.25, 0.3) is 0 Å². The third kappa shape index (κ3) is 1.77. The molecule has 0 radical (unpaired) electrons. The molecule has 2 unspecified atom stereocenters. The average Bonchev–Trinajstić information content (AvgIpc) is 2.31. The van der Waals surface area contributed by atoms with Crippen molar-refractivity contribution >= 4 is 5.71 Å². The van der Waals surface area contributed by atoms with Gasteiger partial charge in [-0.05, 0) is 43.7 Å². The van der Waals surface area contributed by atoms with Gasteiger partial charge in [-0.1, -0.05) is 6.07 Å². The molecule has 1 aromatic rings. The van der Waals surface area contributed by atoms with Gasteiger partial charge in [0.2, 0.25) is 0 Å². The third-order valence-electron chi connectivity index (χ3n) is 3.95. The van der Waals surface area contributed by atoms with Crippen LogP contribution in [0.1, 0.15) is 42.9 Å². The molecule has 3 rings (SSSR count). The Labute approximate surface area is 106 Å². The van der Waals surface area contributed by atoms with E-state index in [0.29, 0.717) is 24.0 Å². The molecule has 0 saturated heterocycles. The Bertz CT molecular complexity index is 504. The molecule has 1 aromatic carbocycles. The van der Waals surface area contributed by atoms with Crippen LogP contribution in [0.25, 0.3) is 0 Å². The van der Waals surface area contributed by atoms with Gasteiger partial charge >= 0.3 is 0 Å². The van der Waals surface area contributed by atoms with E-state index < -0.39 is 6.10 Å². The number of hydrogen-bond acceptors (Lipinski definition) is 4. The number of fused-ring (bicyclic) bond motifs is 1. The molecule has 0 aromatic heterocycles. The van der Waals surface area contributed by atoms with E-state index >= 15 is 0 Å². The molecule has 1 fully saturated rings. The monoisotopic (exact) mass is 247 g/mol. The highest BCUT2D eigenvalue weighted by atomic mass is 16.3. The minimum atomic E-state index is -0.673. The Morgan fingerprint density at radius 3 is 2.56 bits per heavy atom. The summed E-state index contributed by atoms with van der Waals surface area (Å²) in [6.45, 7) is 0. The topological polar surface area (TPSA) is 73.0 Å². The molecule has 0 bridgehead atoms. The van der Waals surface area contributed by atoms with Crippen molar-refractivity contribution in [2.24, 2.45) is 4.99 Å². The number of aliphatic hydroxyl groups excluding tert-OH is 1. The number of hydrogen-bond donors (Lipinski definition) is 3. The largest absolute Gasteiger partial charge is 0.504 e. The SMILES string of the molecule is Oc1ccc2c(c1O)CCC(N=C1CCC1)C2O. The molecule has 96 valence electrons. The van der Waals surface area contributed by atoms with Crippen molar-refractivity contribution in [3.05, 3.63) is 23.3 Å². The molecule has 0 amide bonds. The van der Waals surface area contributed by atoms with Crippen LogP contribution in [-0.4, -0.2) is 27.1 Å². The van der Waals surface area contributed by atoms with E-state index in [4.69, 9.17) is 0 Å². The van der Waals surface area contributed by atoms with Crippen molar-refractivity contribution in [2.75, 3.05) is 0 Å². The first-order valence-corrected chi connectivity index (χ1v) is 6.44. The fourth-order valence-corrected chi connectivity index (χ4v) is 2.67. The molecule has 3 N–H and O–H groups in total. The molecular formula is C14H17NO3. The Morgan fingerprint density at radius 1 is 1.11 bits per heavy atom. The summed E-state index contributed by atoms with van der Waals surface area (Å²) in [5, 5.41) is 29.6. The Morgan fingerprint density at radius 2 is 1.89 bits per heavy atom. The van der Waals surface area contributed by atoms with E-state index in [1.165, 1.54) is 18.2 Å². The molecule has 0 aliphatic heterocycles. The van der Waals surface area contributed by atoms with Gasteiger partial charge in [-0.2, -0.15) is 0 Å². The number of rotatable bonds is 1. The van der Waals surface area contributed by atoms with Gasteiger partial charge in [-0.25, -0.2) is 0 Å². The number of aliphatic hydroxyl groups is 1. The first kappa shape index (κ1) is 11.5. The second kappa shape index (κ2) is 4.28. The van der Waals surface area contributed by atoms with E-state index in [9.17, 15) is 15.3 Å². The summed E-state index contributed by atoms with van der Waals surface area (Å²) >= 11 is 0. The highest BCUT2D eigenvalue weighted by Crippen LogP contribution is 2.41. The second-order valence-electron chi connectivity index (χ2n) is 5.10. The van der Waals surface area contributed by atoms with Crippen LogP contribution in [0.5, 0.6) is 11.5 Å². The van der Waals surface area contributed by atoms with Crippen LogP contribution in [0.4, 0.5) is 0 Å². The van der Waals surface area contributed by atoms with E-state index in [1.54, 1.807) is 6.07 Å². The van der Waals surface area contributed by atoms with Crippen molar-refractivity contribution in [3.63, 3.8) is 0 Å². The average molecular weight is 247 g/mol. The zero-order chi connectivity index (χ0) is 12.7. The van der Waals surface area contributed by atoms with Gasteiger partial charge in [0.05, 0.1) is 6.04 Å². The summed E-state index contributed by atoms with van der Waals surface area (Å²) in [5.74, 6) is -0.217. The highest BCUT2D eigenvalue weighted by Gasteiger charge is 2.30. The highest BCUT2D eigenvalue weighted by molar-refractivity contribution is 5.89. The summed E-state index contributed by atoms with van der Waals surface area (Å²) in [5.41, 5.74) is 2.56. The van der Waals surface area contributed by atoms with Crippen molar-refractivity contribution < 1.29 is 15.3 Å². The Kier molecular flexibility index (Phi) is 2.74. The minimum Gasteiger partial charge on any atom is -0.504 e. The maximum Gasteiger partial charge on any atom is 0.161 e. The molecule has 1 saturated carbocycles. The summed E-state index contributed by atoms with van der Waals surface area (Å²) < 4.78 is 0. The van der Waals surface area contributed by atoms with Gasteiger partial charge in [-0.3, -0.25) is 4.99 Å². The lowest BCUT2D eigenvalue weighted by Gasteiger charge is -2.30. The Balaban J connectivity index is 1.92. The normalized spacial score (nSPS) is 26.4. The number of phenols is 2. The lowest BCUT2D eigenvalue weighted by Crippen LogP contribution is -2.26. The molecule has 2 atom stereocenters. The maximum absolute atomic E-state index is 10.3. The molecule has 4 heteroatoms. The summed E-state index contributed by atoms with van der Waals surface area (Å²) in [7, 11) is 0.